The number of aryl methyl sites for hydroxylation is 1. The van der Waals surface area contributed by atoms with Gasteiger partial charge in [0, 0.05) is 11.6 Å². The molecule has 1 unspecified atom stereocenters. The molecule has 1 heterocycles. The number of benzene rings is 3. The molecule has 1 aliphatic rings. The van der Waals surface area contributed by atoms with Crippen molar-refractivity contribution in [2.45, 2.75) is 39.2 Å². The predicted octanol–water partition coefficient (Wildman–Crippen LogP) is 5.47. The first-order chi connectivity index (χ1) is 16.4. The van der Waals surface area contributed by atoms with Gasteiger partial charge in [-0.3, -0.25) is 0 Å². The first-order valence-corrected chi connectivity index (χ1v) is 11.2. The van der Waals surface area contributed by atoms with E-state index >= 15 is 0 Å². The fourth-order valence-corrected chi connectivity index (χ4v) is 3.90. The molecule has 0 saturated heterocycles. The fourth-order valence-electron chi connectivity index (χ4n) is 3.90. The number of allylic oxidation sites excluding steroid dienone is 1. The van der Waals surface area contributed by atoms with E-state index in [-0.39, 0.29) is 17.9 Å². The monoisotopic (exact) mass is 454 g/mol. The van der Waals surface area contributed by atoms with Gasteiger partial charge in [-0.25, -0.2) is 4.79 Å². The van der Waals surface area contributed by atoms with Gasteiger partial charge in [-0.2, -0.15) is 5.26 Å². The lowest BCUT2D eigenvalue weighted by Gasteiger charge is -2.26. The van der Waals surface area contributed by atoms with Crippen LogP contribution in [0.4, 0.5) is 0 Å². The number of rotatable bonds is 6. The molecule has 0 aliphatic carbocycles. The summed E-state index contributed by atoms with van der Waals surface area (Å²) >= 11 is 0. The molecule has 1 atom stereocenters. The Hall–Kier alpha value is -4.24. The third-order valence-corrected chi connectivity index (χ3v) is 5.58. The van der Waals surface area contributed by atoms with Crippen molar-refractivity contribution < 1.29 is 19.0 Å². The highest BCUT2D eigenvalue weighted by Crippen LogP contribution is 2.43. The molecule has 2 N–H and O–H groups in total. The Balaban J connectivity index is 1.59. The van der Waals surface area contributed by atoms with Crippen LogP contribution < -0.4 is 19.9 Å². The highest BCUT2D eigenvalue weighted by molar-refractivity contribution is 5.91. The van der Waals surface area contributed by atoms with Crippen LogP contribution in [-0.2, 0) is 6.42 Å². The van der Waals surface area contributed by atoms with E-state index in [1.807, 2.05) is 38.1 Å². The van der Waals surface area contributed by atoms with Crippen molar-refractivity contribution in [3.05, 3.63) is 100 Å². The molecule has 172 valence electrons. The lowest BCUT2D eigenvalue weighted by atomic mass is 9.83. The van der Waals surface area contributed by atoms with Crippen molar-refractivity contribution in [1.82, 2.24) is 0 Å². The van der Waals surface area contributed by atoms with Gasteiger partial charge in [0.25, 0.3) is 0 Å². The summed E-state index contributed by atoms with van der Waals surface area (Å²) < 4.78 is 16.9. The molecule has 0 radical (unpaired) electrons. The van der Waals surface area contributed by atoms with Gasteiger partial charge in [-0.1, -0.05) is 37.3 Å². The normalized spacial score (nSPS) is 14.7. The van der Waals surface area contributed by atoms with Crippen LogP contribution in [0.2, 0.25) is 0 Å². The summed E-state index contributed by atoms with van der Waals surface area (Å²) in [6.45, 7) is 5.97. The van der Waals surface area contributed by atoms with E-state index in [9.17, 15) is 10.1 Å². The highest BCUT2D eigenvalue weighted by Gasteiger charge is 2.31. The largest absolute Gasteiger partial charge is 0.491 e. The Labute approximate surface area is 199 Å². The maximum Gasteiger partial charge on any atom is 0.343 e. The molecule has 4 rings (SSSR count). The lowest BCUT2D eigenvalue weighted by molar-refractivity contribution is 0.0734. The number of nitrogens with two attached hydrogens (primary N) is 1. The maximum atomic E-state index is 12.6. The highest BCUT2D eigenvalue weighted by atomic mass is 16.5. The van der Waals surface area contributed by atoms with E-state index in [0.717, 1.165) is 17.5 Å². The van der Waals surface area contributed by atoms with E-state index in [1.165, 1.54) is 5.56 Å². The van der Waals surface area contributed by atoms with Crippen LogP contribution in [0.25, 0.3) is 0 Å². The number of carbonyl (C=O) groups excluding carboxylic acids is 1. The first-order valence-electron chi connectivity index (χ1n) is 11.2. The number of fused-ring (bicyclic) bond motifs is 1. The van der Waals surface area contributed by atoms with Gasteiger partial charge in [0.2, 0.25) is 5.88 Å². The molecule has 0 bridgehead atoms. The Morgan fingerprint density at radius 3 is 2.35 bits per heavy atom. The number of nitrogens with zero attached hydrogens (tertiary/aromatic N) is 1. The second-order valence-electron chi connectivity index (χ2n) is 8.30. The molecule has 1 aliphatic heterocycles. The predicted molar refractivity (Wildman–Crippen MR) is 129 cm³/mol. The van der Waals surface area contributed by atoms with Crippen LogP contribution in [-0.4, -0.2) is 12.1 Å². The van der Waals surface area contributed by atoms with Gasteiger partial charge in [0.1, 0.15) is 28.9 Å². The van der Waals surface area contributed by atoms with Crippen molar-refractivity contribution in [3.63, 3.8) is 0 Å². The topological polar surface area (TPSA) is 94.6 Å². The first kappa shape index (κ1) is 22.9. The molecule has 3 aromatic rings. The zero-order valence-corrected chi connectivity index (χ0v) is 19.4. The molecule has 6 nitrogen and oxygen atoms in total. The second kappa shape index (κ2) is 9.72. The fraction of sp³-hybridized carbons (Fsp3) is 0.214. The van der Waals surface area contributed by atoms with Crippen LogP contribution in [0.5, 0.6) is 17.2 Å². The quantitative estimate of drug-likeness (QED) is 0.392. The molecule has 3 aromatic carbocycles. The molecule has 0 amide bonds. The van der Waals surface area contributed by atoms with E-state index in [1.54, 1.807) is 42.5 Å². The summed E-state index contributed by atoms with van der Waals surface area (Å²) in [5.41, 5.74) is 9.77. The smallest absolute Gasteiger partial charge is 0.343 e. The maximum absolute atomic E-state index is 12.6. The second-order valence-corrected chi connectivity index (χ2v) is 8.30. The lowest BCUT2D eigenvalue weighted by Crippen LogP contribution is -2.21. The molecule has 34 heavy (non-hydrogen) atoms. The zero-order valence-electron chi connectivity index (χ0n) is 19.4. The molecule has 0 fully saturated rings. The van der Waals surface area contributed by atoms with Crippen LogP contribution in [0.1, 0.15) is 53.7 Å². The summed E-state index contributed by atoms with van der Waals surface area (Å²) in [7, 11) is 0. The molecule has 0 aromatic heterocycles. The Kier molecular flexibility index (Phi) is 6.55. The minimum absolute atomic E-state index is 0.0452. The van der Waals surface area contributed by atoms with Gasteiger partial charge in [-0.15, -0.1) is 0 Å². The molecule has 0 spiro atoms. The van der Waals surface area contributed by atoms with Crippen LogP contribution >= 0.6 is 0 Å². The number of nitriles is 1. The molecule has 0 saturated carbocycles. The van der Waals surface area contributed by atoms with Gasteiger partial charge in [0.15, 0.2) is 0 Å². The summed E-state index contributed by atoms with van der Waals surface area (Å²) in [4.78, 5) is 12.6. The standard InChI is InChI=1S/C28H26N2O4/c1-4-18-5-7-19(8-6-18)26-23-14-13-22(15-25(23)34-27(30)24(26)16-29)33-28(31)20-9-11-21(12-10-20)32-17(2)3/h5-15,17,26H,4,30H2,1-3H3. The molecule has 6 heteroatoms. The Morgan fingerprint density at radius 2 is 1.74 bits per heavy atom. The Morgan fingerprint density at radius 1 is 1.06 bits per heavy atom. The van der Waals surface area contributed by atoms with Crippen molar-refractivity contribution in [1.29, 1.82) is 5.26 Å². The van der Waals surface area contributed by atoms with E-state index in [0.29, 0.717) is 28.4 Å². The van der Waals surface area contributed by atoms with Gasteiger partial charge >= 0.3 is 5.97 Å². The third kappa shape index (κ3) is 4.74. The van der Waals surface area contributed by atoms with Crippen molar-refractivity contribution in [2.75, 3.05) is 0 Å². The van der Waals surface area contributed by atoms with Crippen molar-refractivity contribution >= 4 is 5.97 Å². The van der Waals surface area contributed by atoms with Crippen molar-refractivity contribution in [2.24, 2.45) is 5.73 Å². The van der Waals surface area contributed by atoms with Crippen LogP contribution in [0, 0.1) is 11.3 Å². The van der Waals surface area contributed by atoms with E-state index < -0.39 is 5.97 Å². The average Bonchev–Trinajstić information content (AvgIpc) is 2.83. The summed E-state index contributed by atoms with van der Waals surface area (Å²) in [6, 6.07) is 22.2. The van der Waals surface area contributed by atoms with Crippen molar-refractivity contribution in [3.8, 4) is 23.3 Å². The van der Waals surface area contributed by atoms with Gasteiger partial charge in [-0.05, 0) is 61.7 Å². The van der Waals surface area contributed by atoms with Crippen LogP contribution in [0.15, 0.2) is 78.2 Å². The SMILES string of the molecule is CCc1ccc(C2C(C#N)=C(N)Oc3cc(OC(=O)c4ccc(OC(C)C)cc4)ccc32)cc1. The minimum Gasteiger partial charge on any atom is -0.491 e. The zero-order chi connectivity index (χ0) is 24.2. The molecular weight excluding hydrogens is 428 g/mol. The molecular formula is C28H26N2O4. The Bertz CT molecular complexity index is 1270. The van der Waals surface area contributed by atoms with Crippen LogP contribution in [0.3, 0.4) is 0 Å². The van der Waals surface area contributed by atoms with E-state index in [2.05, 4.69) is 13.0 Å². The summed E-state index contributed by atoms with van der Waals surface area (Å²) in [5, 5.41) is 9.74. The number of esters is 1. The number of hydrogen-bond donors (Lipinski definition) is 1. The minimum atomic E-state index is -0.500. The number of ether oxygens (including phenoxy) is 3. The van der Waals surface area contributed by atoms with Gasteiger partial charge in [0.05, 0.1) is 17.6 Å². The van der Waals surface area contributed by atoms with E-state index in [4.69, 9.17) is 19.9 Å². The number of carbonyl (C=O) groups is 1. The third-order valence-electron chi connectivity index (χ3n) is 5.58. The summed E-state index contributed by atoms with van der Waals surface area (Å²) in [6.07, 6.45) is 0.973. The number of hydrogen-bond acceptors (Lipinski definition) is 6. The summed E-state index contributed by atoms with van der Waals surface area (Å²) in [5.74, 6) is 0.635. The average molecular weight is 455 g/mol. The van der Waals surface area contributed by atoms with Gasteiger partial charge < -0.3 is 19.9 Å².